The van der Waals surface area contributed by atoms with Crippen molar-refractivity contribution in [3.8, 4) is 11.1 Å². The molecule has 1 aromatic heterocycles. The molecule has 0 saturated carbocycles. The van der Waals surface area contributed by atoms with Gasteiger partial charge >= 0.3 is 0 Å². The minimum Gasteiger partial charge on any atom is -0.423 e. The minimum absolute atomic E-state index is 0.0699. The van der Waals surface area contributed by atoms with Gasteiger partial charge in [0, 0.05) is 43.0 Å². The Labute approximate surface area is 209 Å². The van der Waals surface area contributed by atoms with Crippen LogP contribution in [0.15, 0.2) is 65.1 Å². The first-order chi connectivity index (χ1) is 17.4. The summed E-state index contributed by atoms with van der Waals surface area (Å²) in [6.07, 6.45) is 0.208. The van der Waals surface area contributed by atoms with Crippen molar-refractivity contribution in [3.05, 3.63) is 77.4 Å². The van der Waals surface area contributed by atoms with Gasteiger partial charge in [-0.15, -0.1) is 0 Å². The van der Waals surface area contributed by atoms with Gasteiger partial charge in [0.15, 0.2) is 5.58 Å². The lowest BCUT2D eigenvalue weighted by Crippen LogP contribution is -2.47. The van der Waals surface area contributed by atoms with E-state index in [2.05, 4.69) is 22.2 Å². The molecule has 0 unspecified atom stereocenters. The summed E-state index contributed by atoms with van der Waals surface area (Å²) in [5, 5.41) is 3.23. The number of aromatic nitrogens is 1. The van der Waals surface area contributed by atoms with Crippen LogP contribution in [0.5, 0.6) is 0 Å². The maximum absolute atomic E-state index is 13.0. The van der Waals surface area contributed by atoms with E-state index < -0.39 is 0 Å². The second kappa shape index (κ2) is 9.83. The van der Waals surface area contributed by atoms with E-state index in [0.717, 1.165) is 59.6 Å². The summed E-state index contributed by atoms with van der Waals surface area (Å²) in [4.78, 5) is 32.9. The lowest BCUT2D eigenvalue weighted by Gasteiger charge is -2.32. The van der Waals surface area contributed by atoms with Crippen LogP contribution in [0.2, 0.25) is 0 Å². The van der Waals surface area contributed by atoms with Crippen molar-refractivity contribution in [2.24, 2.45) is 5.73 Å². The van der Waals surface area contributed by atoms with Crippen molar-refractivity contribution in [1.29, 1.82) is 0 Å². The lowest BCUT2D eigenvalue weighted by atomic mass is 10.0. The van der Waals surface area contributed by atoms with Crippen LogP contribution in [0.1, 0.15) is 21.5 Å². The fraction of sp³-hybridized carbons (Fsp3) is 0.250. The normalized spacial score (nSPS) is 14.2. The number of benzene rings is 3. The monoisotopic (exact) mass is 483 g/mol. The Morgan fingerprint density at radius 2 is 1.78 bits per heavy atom. The van der Waals surface area contributed by atoms with Gasteiger partial charge in [0.05, 0.1) is 6.42 Å². The van der Waals surface area contributed by atoms with Gasteiger partial charge < -0.3 is 25.3 Å². The predicted octanol–water partition coefficient (Wildman–Crippen LogP) is 3.96. The first-order valence-electron chi connectivity index (χ1n) is 12.0. The zero-order chi connectivity index (χ0) is 25.2. The van der Waals surface area contributed by atoms with Crippen LogP contribution in [0, 0.1) is 6.92 Å². The number of para-hydroxylation sites is 1. The van der Waals surface area contributed by atoms with Gasteiger partial charge in [-0.2, -0.15) is 4.98 Å². The number of nitrogens with zero attached hydrogens (tertiary/aromatic N) is 3. The Morgan fingerprint density at radius 1 is 1.03 bits per heavy atom. The summed E-state index contributed by atoms with van der Waals surface area (Å²) in [7, 11) is 2.07. The highest BCUT2D eigenvalue weighted by atomic mass is 16.4. The number of likely N-dealkylation sites (N-methyl/N-ethyl adjacent to an activating group) is 1. The third-order valence-corrected chi connectivity index (χ3v) is 6.56. The fourth-order valence-corrected chi connectivity index (χ4v) is 4.52. The molecular formula is C28H29N5O3. The lowest BCUT2D eigenvalue weighted by molar-refractivity contribution is -0.117. The van der Waals surface area contributed by atoms with Gasteiger partial charge in [-0.25, -0.2) is 0 Å². The van der Waals surface area contributed by atoms with E-state index in [1.165, 1.54) is 0 Å². The Balaban J connectivity index is 1.35. The van der Waals surface area contributed by atoms with Crippen LogP contribution in [-0.2, 0) is 11.2 Å². The summed E-state index contributed by atoms with van der Waals surface area (Å²) >= 11 is 0. The number of amides is 2. The van der Waals surface area contributed by atoms with Crippen LogP contribution in [0.25, 0.3) is 22.2 Å². The molecule has 184 valence electrons. The van der Waals surface area contributed by atoms with Crippen LogP contribution >= 0.6 is 0 Å². The van der Waals surface area contributed by atoms with Crippen molar-refractivity contribution in [2.75, 3.05) is 38.5 Å². The zero-order valence-corrected chi connectivity index (χ0v) is 20.5. The molecule has 1 fully saturated rings. The van der Waals surface area contributed by atoms with Gasteiger partial charge in [0.2, 0.25) is 5.91 Å². The first-order valence-corrected chi connectivity index (χ1v) is 12.0. The van der Waals surface area contributed by atoms with Crippen molar-refractivity contribution < 1.29 is 14.0 Å². The van der Waals surface area contributed by atoms with Crippen molar-refractivity contribution >= 4 is 34.6 Å². The molecular weight excluding hydrogens is 454 g/mol. The molecule has 2 amide bonds. The number of carbonyl (C=O) groups is 2. The maximum atomic E-state index is 13.0. The third-order valence-electron chi connectivity index (χ3n) is 6.56. The SMILES string of the molecule is Cc1cc(Nc2nc3cccc(-c4ccc(CC(N)=O)cc4)c3o2)ccc1C(=O)N1CCN(C)CC1. The molecule has 8 heteroatoms. The fourth-order valence-electron chi connectivity index (χ4n) is 4.52. The molecule has 5 rings (SSSR count). The summed E-state index contributed by atoms with van der Waals surface area (Å²) in [6.45, 7) is 5.21. The highest BCUT2D eigenvalue weighted by Crippen LogP contribution is 2.32. The van der Waals surface area contributed by atoms with Crippen molar-refractivity contribution in [2.45, 2.75) is 13.3 Å². The summed E-state index contributed by atoms with van der Waals surface area (Å²) in [5.41, 5.74) is 11.8. The topological polar surface area (TPSA) is 105 Å². The Morgan fingerprint density at radius 3 is 2.47 bits per heavy atom. The highest BCUT2D eigenvalue weighted by Gasteiger charge is 2.22. The third kappa shape index (κ3) is 4.94. The van der Waals surface area contributed by atoms with Gasteiger partial charge in [-0.05, 0) is 54.9 Å². The smallest absolute Gasteiger partial charge is 0.300 e. The molecule has 0 bridgehead atoms. The molecule has 36 heavy (non-hydrogen) atoms. The van der Waals surface area contributed by atoms with E-state index in [1.807, 2.05) is 72.5 Å². The zero-order valence-electron chi connectivity index (χ0n) is 20.5. The Bertz CT molecular complexity index is 1420. The molecule has 8 nitrogen and oxygen atoms in total. The number of hydrogen-bond donors (Lipinski definition) is 2. The molecule has 4 aromatic rings. The summed E-state index contributed by atoms with van der Waals surface area (Å²) < 4.78 is 6.10. The molecule has 0 radical (unpaired) electrons. The van der Waals surface area contributed by atoms with Crippen molar-refractivity contribution in [1.82, 2.24) is 14.8 Å². The molecule has 2 heterocycles. The second-order valence-electron chi connectivity index (χ2n) is 9.26. The highest BCUT2D eigenvalue weighted by molar-refractivity contribution is 5.96. The molecule has 0 spiro atoms. The van der Waals surface area contributed by atoms with E-state index in [0.29, 0.717) is 17.2 Å². The minimum atomic E-state index is -0.359. The number of hydrogen-bond acceptors (Lipinski definition) is 6. The van der Waals surface area contributed by atoms with Crippen LogP contribution in [0.3, 0.4) is 0 Å². The number of aryl methyl sites for hydroxylation is 1. The number of fused-ring (bicyclic) bond motifs is 1. The number of rotatable bonds is 6. The number of primary amides is 1. The molecule has 1 saturated heterocycles. The number of carbonyl (C=O) groups excluding carboxylic acids is 2. The molecule has 3 N–H and O–H groups in total. The average molecular weight is 484 g/mol. The van der Waals surface area contributed by atoms with E-state index in [1.54, 1.807) is 0 Å². The molecule has 3 aromatic carbocycles. The maximum Gasteiger partial charge on any atom is 0.300 e. The first kappa shape index (κ1) is 23.6. The van der Waals surface area contributed by atoms with E-state index in [-0.39, 0.29) is 18.2 Å². The van der Waals surface area contributed by atoms with E-state index in [9.17, 15) is 9.59 Å². The summed E-state index contributed by atoms with van der Waals surface area (Å²) in [6, 6.07) is 19.5. The number of anilines is 2. The number of nitrogens with one attached hydrogen (secondary N) is 1. The quantitative estimate of drug-likeness (QED) is 0.430. The van der Waals surface area contributed by atoms with Crippen LogP contribution in [-0.4, -0.2) is 59.8 Å². The average Bonchev–Trinajstić information content (AvgIpc) is 3.27. The largest absolute Gasteiger partial charge is 0.423 e. The standard InChI is InChI=1S/C28H29N5O3/c1-18-16-21(10-11-22(18)27(35)33-14-12-32(2)13-15-33)30-28-31-24-5-3-4-23(26(24)36-28)20-8-6-19(7-9-20)17-25(29)34/h3-11,16H,12-15,17H2,1-2H3,(H2,29,34)(H,30,31). The van der Waals surface area contributed by atoms with E-state index >= 15 is 0 Å². The van der Waals surface area contributed by atoms with Gasteiger partial charge in [0.25, 0.3) is 11.9 Å². The Hall–Kier alpha value is -4.17. The molecule has 1 aliphatic heterocycles. The molecule has 1 aliphatic rings. The molecule has 0 atom stereocenters. The van der Waals surface area contributed by atoms with Gasteiger partial charge in [0.1, 0.15) is 5.52 Å². The number of oxazole rings is 1. The van der Waals surface area contributed by atoms with Crippen molar-refractivity contribution in [3.63, 3.8) is 0 Å². The number of piperazine rings is 1. The van der Waals surface area contributed by atoms with Gasteiger partial charge in [-0.3, -0.25) is 9.59 Å². The predicted molar refractivity (Wildman–Crippen MR) is 140 cm³/mol. The number of nitrogens with two attached hydrogens (primary N) is 1. The Kier molecular flexibility index (Phi) is 6.43. The van der Waals surface area contributed by atoms with Gasteiger partial charge in [-0.1, -0.05) is 36.4 Å². The second-order valence-corrected chi connectivity index (χ2v) is 9.26. The molecule has 0 aliphatic carbocycles. The van der Waals surface area contributed by atoms with E-state index in [4.69, 9.17) is 10.2 Å². The van der Waals surface area contributed by atoms with Crippen LogP contribution < -0.4 is 11.1 Å². The van der Waals surface area contributed by atoms with Crippen LogP contribution in [0.4, 0.5) is 11.7 Å². The summed E-state index contributed by atoms with van der Waals surface area (Å²) in [5.74, 6) is -0.289.